The van der Waals surface area contributed by atoms with Crippen molar-refractivity contribution in [2.75, 3.05) is 13.2 Å². The first-order chi connectivity index (χ1) is 7.34. The maximum absolute atomic E-state index is 5.52. The van der Waals surface area contributed by atoms with Crippen molar-refractivity contribution in [3.63, 3.8) is 0 Å². The number of nitrogens with one attached hydrogen (secondary N) is 2. The molecule has 2 N–H and O–H groups in total. The van der Waals surface area contributed by atoms with Gasteiger partial charge in [-0.05, 0) is 37.9 Å². The summed E-state index contributed by atoms with van der Waals surface area (Å²) in [5.74, 6) is 0. The molecule has 1 atom stereocenters. The van der Waals surface area contributed by atoms with Crippen LogP contribution in [0, 0.1) is 0 Å². The van der Waals surface area contributed by atoms with Gasteiger partial charge in [0, 0.05) is 19.2 Å². The van der Waals surface area contributed by atoms with E-state index < -0.39 is 0 Å². The van der Waals surface area contributed by atoms with Crippen molar-refractivity contribution in [2.45, 2.75) is 50.7 Å². The second-order valence-electron chi connectivity index (χ2n) is 4.47. The van der Waals surface area contributed by atoms with Crippen LogP contribution in [0.4, 0.5) is 0 Å². The Labute approximate surface area is 96.9 Å². The molecule has 3 nitrogen and oxygen atoms in total. The molecule has 0 aromatic heterocycles. The van der Waals surface area contributed by atoms with Crippen LogP contribution >= 0.6 is 12.2 Å². The summed E-state index contributed by atoms with van der Waals surface area (Å²) < 4.78 is 5.52. The van der Waals surface area contributed by atoms with Gasteiger partial charge in [0.05, 0.1) is 6.10 Å². The molecule has 0 amide bonds. The Balaban J connectivity index is 1.59. The smallest absolute Gasteiger partial charge is 0.166 e. The molecule has 1 saturated heterocycles. The van der Waals surface area contributed by atoms with E-state index in [9.17, 15) is 0 Å². The number of thiocarbonyl (C=S) groups is 1. The van der Waals surface area contributed by atoms with Crippen LogP contribution in [0.1, 0.15) is 38.5 Å². The van der Waals surface area contributed by atoms with E-state index in [1.54, 1.807) is 0 Å². The molecule has 1 saturated carbocycles. The Bertz CT molecular complexity index is 211. The summed E-state index contributed by atoms with van der Waals surface area (Å²) in [4.78, 5) is 0. The average molecular weight is 228 g/mol. The number of ether oxygens (including phenoxy) is 1. The zero-order valence-corrected chi connectivity index (χ0v) is 9.94. The lowest BCUT2D eigenvalue weighted by atomic mass is 10.2. The van der Waals surface area contributed by atoms with Crippen LogP contribution in [0.25, 0.3) is 0 Å². The fraction of sp³-hybridized carbons (Fsp3) is 0.909. The standard InChI is InChI=1S/C11H20N2OS/c15-11(13-9-4-1-2-5-9)12-8-10-6-3-7-14-10/h9-10H,1-8H2,(H2,12,13,15)/t10-/m1/s1. The molecule has 4 heteroatoms. The second kappa shape index (κ2) is 5.66. The summed E-state index contributed by atoms with van der Waals surface area (Å²) in [7, 11) is 0. The number of hydrogen-bond donors (Lipinski definition) is 2. The first-order valence-corrected chi connectivity index (χ1v) is 6.41. The fourth-order valence-corrected chi connectivity index (χ4v) is 2.57. The van der Waals surface area contributed by atoms with Gasteiger partial charge in [-0.25, -0.2) is 0 Å². The quantitative estimate of drug-likeness (QED) is 0.719. The minimum Gasteiger partial charge on any atom is -0.376 e. The summed E-state index contributed by atoms with van der Waals surface area (Å²) in [5.41, 5.74) is 0. The van der Waals surface area contributed by atoms with Crippen molar-refractivity contribution in [3.05, 3.63) is 0 Å². The van der Waals surface area contributed by atoms with Gasteiger partial charge < -0.3 is 15.4 Å². The third-order valence-corrected chi connectivity index (χ3v) is 3.47. The van der Waals surface area contributed by atoms with Crippen molar-refractivity contribution in [2.24, 2.45) is 0 Å². The predicted octanol–water partition coefficient (Wildman–Crippen LogP) is 1.57. The molecule has 1 aliphatic carbocycles. The van der Waals surface area contributed by atoms with Crippen LogP contribution in [0.2, 0.25) is 0 Å². The maximum atomic E-state index is 5.52. The first kappa shape index (κ1) is 11.1. The summed E-state index contributed by atoms with van der Waals surface area (Å²) in [5, 5.41) is 7.42. The van der Waals surface area contributed by atoms with Crippen LogP contribution in [-0.4, -0.2) is 30.4 Å². The van der Waals surface area contributed by atoms with Gasteiger partial charge in [0.2, 0.25) is 0 Å². The Morgan fingerprint density at radius 2 is 2.00 bits per heavy atom. The summed E-state index contributed by atoms with van der Waals surface area (Å²) in [6.45, 7) is 1.77. The molecule has 15 heavy (non-hydrogen) atoms. The third kappa shape index (κ3) is 3.61. The highest BCUT2D eigenvalue weighted by Gasteiger charge is 2.17. The molecular weight excluding hydrogens is 208 g/mol. The molecule has 2 aliphatic rings. The zero-order chi connectivity index (χ0) is 10.5. The van der Waals surface area contributed by atoms with Gasteiger partial charge in [-0.2, -0.15) is 0 Å². The topological polar surface area (TPSA) is 33.3 Å². The zero-order valence-electron chi connectivity index (χ0n) is 9.13. The van der Waals surface area contributed by atoms with Crippen LogP contribution in [0.5, 0.6) is 0 Å². The van der Waals surface area contributed by atoms with E-state index in [0.717, 1.165) is 18.3 Å². The number of rotatable bonds is 3. The van der Waals surface area contributed by atoms with Gasteiger partial charge in [-0.3, -0.25) is 0 Å². The van der Waals surface area contributed by atoms with E-state index >= 15 is 0 Å². The lowest BCUT2D eigenvalue weighted by molar-refractivity contribution is 0.114. The van der Waals surface area contributed by atoms with E-state index in [0.29, 0.717) is 12.1 Å². The van der Waals surface area contributed by atoms with Crippen LogP contribution in [0.3, 0.4) is 0 Å². The van der Waals surface area contributed by atoms with Gasteiger partial charge in [0.15, 0.2) is 5.11 Å². The highest BCUT2D eigenvalue weighted by atomic mass is 32.1. The summed E-state index contributed by atoms with van der Waals surface area (Å²) in [6.07, 6.45) is 7.93. The van der Waals surface area contributed by atoms with E-state index in [1.165, 1.54) is 38.5 Å². The van der Waals surface area contributed by atoms with Crippen LogP contribution in [-0.2, 0) is 4.74 Å². The van der Waals surface area contributed by atoms with Crippen molar-refractivity contribution < 1.29 is 4.74 Å². The van der Waals surface area contributed by atoms with Crippen LogP contribution < -0.4 is 10.6 Å². The highest BCUT2D eigenvalue weighted by Crippen LogP contribution is 2.17. The molecule has 0 unspecified atom stereocenters. The Kier molecular flexibility index (Phi) is 4.20. The molecule has 2 fully saturated rings. The molecule has 86 valence electrons. The number of hydrogen-bond acceptors (Lipinski definition) is 2. The molecule has 0 spiro atoms. The monoisotopic (exact) mass is 228 g/mol. The molecule has 0 bridgehead atoms. The van der Waals surface area contributed by atoms with Crippen molar-refractivity contribution in [1.82, 2.24) is 10.6 Å². The molecule has 2 rings (SSSR count). The highest BCUT2D eigenvalue weighted by molar-refractivity contribution is 7.80. The van der Waals surface area contributed by atoms with Crippen molar-refractivity contribution in [3.8, 4) is 0 Å². The Morgan fingerprint density at radius 1 is 1.20 bits per heavy atom. The van der Waals surface area contributed by atoms with Gasteiger partial charge in [-0.15, -0.1) is 0 Å². The summed E-state index contributed by atoms with van der Waals surface area (Å²) in [6, 6.07) is 0.606. The van der Waals surface area contributed by atoms with Gasteiger partial charge in [-0.1, -0.05) is 12.8 Å². The van der Waals surface area contributed by atoms with E-state index in [2.05, 4.69) is 10.6 Å². The first-order valence-electron chi connectivity index (χ1n) is 6.00. The minimum absolute atomic E-state index is 0.369. The SMILES string of the molecule is S=C(NC[C@H]1CCCO1)NC1CCCC1. The molecule has 0 aromatic rings. The Morgan fingerprint density at radius 3 is 2.67 bits per heavy atom. The maximum Gasteiger partial charge on any atom is 0.166 e. The summed E-state index contributed by atoms with van der Waals surface area (Å²) >= 11 is 5.25. The average Bonchev–Trinajstić information content (AvgIpc) is 2.86. The fourth-order valence-electron chi connectivity index (χ4n) is 2.32. The van der Waals surface area contributed by atoms with Crippen molar-refractivity contribution >= 4 is 17.3 Å². The molecule has 1 aliphatic heterocycles. The molecule has 0 radical (unpaired) electrons. The molecule has 1 heterocycles. The van der Waals surface area contributed by atoms with Gasteiger partial charge >= 0.3 is 0 Å². The molecular formula is C11H20N2OS. The van der Waals surface area contributed by atoms with Gasteiger partial charge in [0.1, 0.15) is 0 Å². The Hall–Kier alpha value is -0.350. The lowest BCUT2D eigenvalue weighted by Gasteiger charge is -2.17. The third-order valence-electron chi connectivity index (χ3n) is 3.20. The lowest BCUT2D eigenvalue weighted by Crippen LogP contribution is -2.43. The predicted molar refractivity (Wildman–Crippen MR) is 65.0 cm³/mol. The van der Waals surface area contributed by atoms with E-state index in [-0.39, 0.29) is 0 Å². The normalized spacial score (nSPS) is 26.8. The minimum atomic E-state index is 0.369. The van der Waals surface area contributed by atoms with E-state index in [1.807, 2.05) is 0 Å². The second-order valence-corrected chi connectivity index (χ2v) is 4.88. The van der Waals surface area contributed by atoms with Crippen molar-refractivity contribution in [1.29, 1.82) is 0 Å². The molecule has 0 aromatic carbocycles. The van der Waals surface area contributed by atoms with E-state index in [4.69, 9.17) is 17.0 Å². The van der Waals surface area contributed by atoms with Gasteiger partial charge in [0.25, 0.3) is 0 Å². The largest absolute Gasteiger partial charge is 0.376 e. The van der Waals surface area contributed by atoms with Crippen LogP contribution in [0.15, 0.2) is 0 Å².